The molecule has 0 aliphatic heterocycles. The summed E-state index contributed by atoms with van der Waals surface area (Å²) in [5.74, 6) is 0.0552. The minimum Gasteiger partial charge on any atom is -0.326 e. The fraction of sp³-hybridized carbons (Fsp3) is 0.0769. The standard InChI is InChI=1S/C13H13N5O3/c1-8(19)14-9-2-4-10(5-3-9)15-13(21)16-11-6-7-12(20)18-17-11/h2-7H,1H3,(H,14,19)(H,18,20)(H2,15,16,17,21). The minimum absolute atomic E-state index is 0.169. The fourth-order valence-electron chi connectivity index (χ4n) is 1.53. The van der Waals surface area contributed by atoms with E-state index in [1.165, 1.54) is 19.1 Å². The monoisotopic (exact) mass is 287 g/mol. The molecule has 2 rings (SSSR count). The van der Waals surface area contributed by atoms with Crippen LogP contribution in [0, 0.1) is 0 Å². The van der Waals surface area contributed by atoms with Gasteiger partial charge in [-0.3, -0.25) is 14.9 Å². The topological polar surface area (TPSA) is 116 Å². The highest BCUT2D eigenvalue weighted by Gasteiger charge is 2.04. The summed E-state index contributed by atoms with van der Waals surface area (Å²) in [6.45, 7) is 1.41. The van der Waals surface area contributed by atoms with Crippen LogP contribution in [-0.2, 0) is 4.79 Å². The number of anilines is 3. The first-order chi connectivity index (χ1) is 10.0. The second-order valence-electron chi connectivity index (χ2n) is 4.14. The zero-order chi connectivity index (χ0) is 15.2. The molecule has 0 spiro atoms. The summed E-state index contributed by atoms with van der Waals surface area (Å²) in [4.78, 5) is 33.4. The predicted octanol–water partition coefficient (Wildman–Crippen LogP) is 1.37. The van der Waals surface area contributed by atoms with Crippen LogP contribution < -0.4 is 21.5 Å². The summed E-state index contributed by atoms with van der Waals surface area (Å²) in [7, 11) is 0. The quantitative estimate of drug-likeness (QED) is 0.682. The third-order valence-corrected chi connectivity index (χ3v) is 2.38. The predicted molar refractivity (Wildman–Crippen MR) is 78.2 cm³/mol. The Labute approximate surface area is 119 Å². The molecule has 1 heterocycles. The molecule has 4 N–H and O–H groups in total. The van der Waals surface area contributed by atoms with Gasteiger partial charge in [-0.1, -0.05) is 0 Å². The number of aromatic nitrogens is 2. The van der Waals surface area contributed by atoms with Gasteiger partial charge in [0, 0.05) is 24.4 Å². The highest BCUT2D eigenvalue weighted by Crippen LogP contribution is 2.13. The van der Waals surface area contributed by atoms with Crippen molar-refractivity contribution in [2.45, 2.75) is 6.92 Å². The first kappa shape index (κ1) is 14.3. The lowest BCUT2D eigenvalue weighted by molar-refractivity contribution is -0.114. The normalized spacial score (nSPS) is 9.76. The number of H-pyrrole nitrogens is 1. The Kier molecular flexibility index (Phi) is 4.30. The van der Waals surface area contributed by atoms with E-state index in [-0.39, 0.29) is 17.3 Å². The van der Waals surface area contributed by atoms with Gasteiger partial charge in [-0.05, 0) is 30.3 Å². The molecule has 3 amide bonds. The average Bonchev–Trinajstić information content (AvgIpc) is 2.43. The van der Waals surface area contributed by atoms with Crippen LogP contribution in [0.3, 0.4) is 0 Å². The molecule has 108 valence electrons. The zero-order valence-corrected chi connectivity index (χ0v) is 11.1. The van der Waals surface area contributed by atoms with E-state index in [9.17, 15) is 14.4 Å². The molecule has 0 fully saturated rings. The molecule has 0 unspecified atom stereocenters. The number of rotatable bonds is 3. The van der Waals surface area contributed by atoms with Gasteiger partial charge in [-0.25, -0.2) is 9.89 Å². The molecule has 1 aromatic heterocycles. The lowest BCUT2D eigenvalue weighted by Crippen LogP contribution is -2.21. The van der Waals surface area contributed by atoms with Crippen molar-refractivity contribution < 1.29 is 9.59 Å². The number of carbonyl (C=O) groups is 2. The van der Waals surface area contributed by atoms with Gasteiger partial charge in [-0.15, -0.1) is 0 Å². The van der Waals surface area contributed by atoms with Gasteiger partial charge in [0.15, 0.2) is 5.82 Å². The molecule has 1 aromatic carbocycles. The number of nitrogens with zero attached hydrogens (tertiary/aromatic N) is 1. The van der Waals surface area contributed by atoms with Crippen LogP contribution >= 0.6 is 0 Å². The van der Waals surface area contributed by atoms with E-state index < -0.39 is 6.03 Å². The lowest BCUT2D eigenvalue weighted by atomic mass is 10.3. The third kappa shape index (κ3) is 4.46. The van der Waals surface area contributed by atoms with Crippen LogP contribution in [0.4, 0.5) is 22.0 Å². The Hall–Kier alpha value is -3.16. The van der Waals surface area contributed by atoms with Gasteiger partial charge in [-0.2, -0.15) is 5.10 Å². The van der Waals surface area contributed by atoms with E-state index >= 15 is 0 Å². The van der Waals surface area contributed by atoms with Crippen molar-refractivity contribution in [3.63, 3.8) is 0 Å². The molecule has 8 nitrogen and oxygen atoms in total. The van der Waals surface area contributed by atoms with Gasteiger partial charge < -0.3 is 10.6 Å². The molecule has 0 atom stereocenters. The number of urea groups is 1. The Morgan fingerprint density at radius 3 is 2.10 bits per heavy atom. The van der Waals surface area contributed by atoms with Gasteiger partial charge in [0.2, 0.25) is 5.91 Å². The van der Waals surface area contributed by atoms with Crippen molar-refractivity contribution in [3.05, 3.63) is 46.8 Å². The number of carbonyl (C=O) groups excluding carboxylic acids is 2. The first-order valence-electron chi connectivity index (χ1n) is 6.04. The zero-order valence-electron chi connectivity index (χ0n) is 11.1. The number of aromatic amines is 1. The van der Waals surface area contributed by atoms with Crippen molar-refractivity contribution in [2.75, 3.05) is 16.0 Å². The van der Waals surface area contributed by atoms with Crippen LogP contribution in [0.15, 0.2) is 41.2 Å². The maximum absolute atomic E-state index is 11.7. The third-order valence-electron chi connectivity index (χ3n) is 2.38. The van der Waals surface area contributed by atoms with Crippen molar-refractivity contribution in [1.29, 1.82) is 0 Å². The van der Waals surface area contributed by atoms with Crippen molar-refractivity contribution in [2.24, 2.45) is 0 Å². The molecule has 2 aromatic rings. The summed E-state index contributed by atoms with van der Waals surface area (Å²) in [6, 6.07) is 8.76. The van der Waals surface area contributed by atoms with E-state index in [0.717, 1.165) is 0 Å². The summed E-state index contributed by atoms with van der Waals surface area (Å²) in [6.07, 6.45) is 0. The Morgan fingerprint density at radius 1 is 0.952 bits per heavy atom. The maximum Gasteiger partial charge on any atom is 0.324 e. The molecule has 0 bridgehead atoms. The van der Waals surface area contributed by atoms with Crippen molar-refractivity contribution >= 4 is 29.1 Å². The van der Waals surface area contributed by atoms with Gasteiger partial charge in [0.05, 0.1) is 0 Å². The van der Waals surface area contributed by atoms with Crippen LogP contribution in [0.5, 0.6) is 0 Å². The number of benzene rings is 1. The van der Waals surface area contributed by atoms with Crippen LogP contribution in [0.25, 0.3) is 0 Å². The summed E-state index contributed by atoms with van der Waals surface area (Å²) >= 11 is 0. The smallest absolute Gasteiger partial charge is 0.324 e. The van der Waals surface area contributed by atoms with Gasteiger partial charge in [0.25, 0.3) is 5.56 Å². The second-order valence-corrected chi connectivity index (χ2v) is 4.14. The van der Waals surface area contributed by atoms with Crippen LogP contribution in [0.2, 0.25) is 0 Å². The molecule has 0 saturated heterocycles. The van der Waals surface area contributed by atoms with E-state index in [2.05, 4.69) is 26.1 Å². The van der Waals surface area contributed by atoms with E-state index in [1.807, 2.05) is 0 Å². The fourth-order valence-corrected chi connectivity index (χ4v) is 1.53. The number of amides is 3. The van der Waals surface area contributed by atoms with E-state index in [0.29, 0.717) is 11.4 Å². The van der Waals surface area contributed by atoms with Gasteiger partial charge in [0.1, 0.15) is 0 Å². The molecule has 8 heteroatoms. The highest BCUT2D eigenvalue weighted by atomic mass is 16.2. The van der Waals surface area contributed by atoms with E-state index in [1.54, 1.807) is 24.3 Å². The second kappa shape index (κ2) is 6.33. The molecule has 0 radical (unpaired) electrons. The van der Waals surface area contributed by atoms with Crippen molar-refractivity contribution in [3.8, 4) is 0 Å². The van der Waals surface area contributed by atoms with E-state index in [4.69, 9.17) is 0 Å². The lowest BCUT2D eigenvalue weighted by Gasteiger charge is -2.07. The molecule has 21 heavy (non-hydrogen) atoms. The minimum atomic E-state index is -0.498. The largest absolute Gasteiger partial charge is 0.326 e. The summed E-state index contributed by atoms with van der Waals surface area (Å²) < 4.78 is 0. The maximum atomic E-state index is 11.7. The SMILES string of the molecule is CC(=O)Nc1ccc(NC(=O)Nc2ccc(=O)[nH]n2)cc1. The first-order valence-corrected chi connectivity index (χ1v) is 6.04. The molecular weight excluding hydrogens is 274 g/mol. The van der Waals surface area contributed by atoms with Gasteiger partial charge >= 0.3 is 6.03 Å². The molecule has 0 aliphatic rings. The average molecular weight is 287 g/mol. The molecular formula is C13H13N5O3. The Balaban J connectivity index is 1.94. The summed E-state index contributed by atoms with van der Waals surface area (Å²) in [5.41, 5.74) is 0.830. The Morgan fingerprint density at radius 2 is 1.57 bits per heavy atom. The molecule has 0 aliphatic carbocycles. The summed E-state index contributed by atoms with van der Waals surface area (Å²) in [5, 5.41) is 13.5. The number of hydrogen-bond donors (Lipinski definition) is 4. The number of nitrogens with one attached hydrogen (secondary N) is 4. The Bertz CT molecular complexity index is 688. The highest BCUT2D eigenvalue weighted by molar-refractivity contribution is 5.99. The van der Waals surface area contributed by atoms with Crippen LogP contribution in [0.1, 0.15) is 6.92 Å². The molecule has 0 saturated carbocycles. The van der Waals surface area contributed by atoms with Crippen molar-refractivity contribution in [1.82, 2.24) is 10.2 Å². The van der Waals surface area contributed by atoms with Crippen LogP contribution in [-0.4, -0.2) is 22.1 Å². The number of hydrogen-bond acceptors (Lipinski definition) is 4.